The van der Waals surface area contributed by atoms with Crippen LogP contribution in [0.3, 0.4) is 0 Å². The molecule has 0 spiro atoms. The number of H-pyrrole nitrogens is 2. The van der Waals surface area contributed by atoms with Crippen LogP contribution in [0.5, 0.6) is 0 Å². The van der Waals surface area contributed by atoms with Gasteiger partial charge in [-0.25, -0.2) is 93.4 Å². The van der Waals surface area contributed by atoms with E-state index in [0.29, 0.717) is 48.6 Å². The summed E-state index contributed by atoms with van der Waals surface area (Å²) in [5, 5.41) is 40.1. The lowest BCUT2D eigenvalue weighted by Crippen LogP contribution is -2.58. The first kappa shape index (κ1) is 54.6. The highest BCUT2D eigenvalue weighted by molar-refractivity contribution is 7.99. The van der Waals surface area contributed by atoms with Gasteiger partial charge in [0.1, 0.15) is 18.3 Å². The van der Waals surface area contributed by atoms with Crippen LogP contribution in [0.25, 0.3) is 90.9 Å². The van der Waals surface area contributed by atoms with Crippen molar-refractivity contribution in [1.29, 1.82) is 0 Å². The van der Waals surface area contributed by atoms with Crippen molar-refractivity contribution in [3.05, 3.63) is 158 Å². The minimum Gasteiger partial charge on any atom is -0.388 e. The molecular formula is C50H21F19N4O5S. The summed E-state index contributed by atoms with van der Waals surface area (Å²) in [4.78, 5) is 11.0. The molecule has 8 bridgehead atoms. The average Bonchev–Trinajstić information content (AvgIpc) is 4.52. The lowest BCUT2D eigenvalue weighted by molar-refractivity contribution is -0.276. The molecule has 0 radical (unpaired) electrons. The van der Waals surface area contributed by atoms with Crippen LogP contribution in [0.1, 0.15) is 22.8 Å². The molecule has 9 nitrogen and oxygen atoms in total. The zero-order valence-electron chi connectivity index (χ0n) is 37.9. The maximum absolute atomic E-state index is 16.8. The number of hydrogen-bond acceptors (Lipinski definition) is 8. The number of hydrogen-bond donors (Lipinski definition) is 6. The molecule has 4 aromatic carbocycles. The Bertz CT molecular complexity index is 3890. The second kappa shape index (κ2) is 19.9. The SMILES string of the molecule is OC1O[C@H](CSc2c(F)c(F)c(-c3c4nc(c(-c5c(F)c(F)c(F)c(F)c5F)c5ccc([nH]5)c(-c5c(F)c(F)c(F)c(F)c5F)c5nc(c(-c6c(F)c(F)c(F)c(F)c6F)c6ccc3[nH]6)C=C5)C=C4)c(F)c2F)[C@@H](O)[C@H](O)[C@H]1O. The highest BCUT2D eigenvalue weighted by atomic mass is 32.2. The molecule has 1 unspecified atom stereocenters. The van der Waals surface area contributed by atoms with E-state index in [0.717, 1.165) is 0 Å². The van der Waals surface area contributed by atoms with Gasteiger partial charge in [0.05, 0.1) is 56.0 Å². The van der Waals surface area contributed by atoms with Crippen molar-refractivity contribution in [2.45, 2.75) is 35.6 Å². The highest BCUT2D eigenvalue weighted by Gasteiger charge is 2.44. The van der Waals surface area contributed by atoms with Crippen LogP contribution in [0.2, 0.25) is 0 Å². The molecule has 10 rings (SSSR count). The summed E-state index contributed by atoms with van der Waals surface area (Å²) >= 11 is -0.126. The quantitative estimate of drug-likeness (QED) is 0.0400. The standard InChI is InChI=1S/C50H21F19N4O5S/c51-27-23(28(52)36(60)41(65)35(27)59)19-10-1-3-12(70-10)20(24-29(53)37(61)42(66)38(62)30(24)54)14-5-7-16(72-14)22(26-33(57)44(68)49(45(69)34(26)58)79-9-18-46(74)47(75)48(76)50(77)78-18)17-8-6-15(73-17)21(13-4-2-11(19)71-13)25-31(55)39(63)43(67)40(64)32(25)56/h1-8,18,46-48,50,70,73-77H,9H2/t18-,46-,47+,48-,50?/m1/s1. The topological polar surface area (TPSA) is 148 Å². The Kier molecular flexibility index (Phi) is 13.8. The fourth-order valence-corrected chi connectivity index (χ4v) is 9.96. The fourth-order valence-electron chi connectivity index (χ4n) is 8.92. The van der Waals surface area contributed by atoms with Crippen molar-refractivity contribution in [3.8, 4) is 44.5 Å². The third-order valence-electron chi connectivity index (χ3n) is 12.7. The number of aliphatic hydroxyl groups is 4. The first-order valence-corrected chi connectivity index (χ1v) is 22.9. The predicted molar refractivity (Wildman–Crippen MR) is 239 cm³/mol. The van der Waals surface area contributed by atoms with Crippen LogP contribution in [-0.4, -0.2) is 76.8 Å². The largest absolute Gasteiger partial charge is 0.388 e. The molecule has 6 N–H and O–H groups in total. The molecule has 0 amide bonds. The number of rotatable bonds is 7. The molecule has 0 saturated carbocycles. The number of thioether (sulfide) groups is 1. The smallest absolute Gasteiger partial charge is 0.200 e. The summed E-state index contributed by atoms with van der Waals surface area (Å²) in [6.45, 7) is 0. The van der Waals surface area contributed by atoms with E-state index in [4.69, 9.17) is 4.74 Å². The third kappa shape index (κ3) is 8.42. The van der Waals surface area contributed by atoms with Crippen LogP contribution in [0.4, 0.5) is 83.4 Å². The van der Waals surface area contributed by atoms with Crippen LogP contribution < -0.4 is 0 Å². The number of halogens is 19. The minimum absolute atomic E-state index is 0.126. The van der Waals surface area contributed by atoms with Crippen LogP contribution in [-0.2, 0) is 4.74 Å². The van der Waals surface area contributed by atoms with Gasteiger partial charge in [-0.1, -0.05) is 0 Å². The summed E-state index contributed by atoms with van der Waals surface area (Å²) in [5.41, 5.74) is -20.6. The van der Waals surface area contributed by atoms with Crippen molar-refractivity contribution in [3.63, 3.8) is 0 Å². The number of nitrogens with one attached hydrogen (secondary N) is 2. The normalized spacial score (nSPS) is 18.1. The summed E-state index contributed by atoms with van der Waals surface area (Å²) in [5.74, 6) is -49.9. The lowest BCUT2D eigenvalue weighted by atomic mass is 10.0. The number of aromatic nitrogens is 4. The van der Waals surface area contributed by atoms with Crippen LogP contribution in [0, 0.1) is 111 Å². The van der Waals surface area contributed by atoms with E-state index in [1.165, 1.54) is 0 Å². The van der Waals surface area contributed by atoms with Gasteiger partial charge in [-0.3, -0.25) is 0 Å². The Morgan fingerprint density at radius 1 is 0.342 bits per heavy atom. The monoisotopic (exact) mass is 1150 g/mol. The summed E-state index contributed by atoms with van der Waals surface area (Å²) in [7, 11) is 0. The van der Waals surface area contributed by atoms with E-state index in [2.05, 4.69) is 19.9 Å². The molecule has 79 heavy (non-hydrogen) atoms. The Labute approximate surface area is 429 Å². The van der Waals surface area contributed by atoms with E-state index in [1.807, 2.05) is 0 Å². The summed E-state index contributed by atoms with van der Waals surface area (Å²) < 4.78 is 301. The highest BCUT2D eigenvalue weighted by Crippen LogP contribution is 2.46. The zero-order chi connectivity index (χ0) is 57.3. The molecule has 29 heteroatoms. The van der Waals surface area contributed by atoms with Crippen molar-refractivity contribution in [2.75, 3.05) is 5.75 Å². The maximum Gasteiger partial charge on any atom is 0.200 e. The Balaban J connectivity index is 1.38. The van der Waals surface area contributed by atoms with Gasteiger partial charge < -0.3 is 35.1 Å². The first-order chi connectivity index (χ1) is 37.3. The van der Waals surface area contributed by atoms with E-state index in [9.17, 15) is 33.6 Å². The number of benzene rings is 4. The number of fused-ring (bicyclic) bond motifs is 8. The molecule has 1 saturated heterocycles. The van der Waals surface area contributed by atoms with Gasteiger partial charge in [0.25, 0.3) is 0 Å². The van der Waals surface area contributed by atoms with Gasteiger partial charge in [0, 0.05) is 50.1 Å². The van der Waals surface area contributed by atoms with Crippen LogP contribution in [0.15, 0.2) is 29.2 Å². The number of ether oxygens (including phenoxy) is 1. The molecule has 3 aromatic heterocycles. The molecule has 5 atom stereocenters. The minimum atomic E-state index is -2.73. The van der Waals surface area contributed by atoms with Gasteiger partial charge >= 0.3 is 0 Å². The Hall–Kier alpha value is -7.70. The lowest BCUT2D eigenvalue weighted by Gasteiger charge is -2.38. The average molecular weight is 1150 g/mol. The Morgan fingerprint density at radius 2 is 0.595 bits per heavy atom. The number of aromatic amines is 2. The zero-order valence-corrected chi connectivity index (χ0v) is 38.7. The Morgan fingerprint density at radius 3 is 0.873 bits per heavy atom. The number of aliphatic hydroxyl groups excluding tert-OH is 4. The van der Waals surface area contributed by atoms with Gasteiger partial charge in [-0.15, -0.1) is 11.8 Å². The van der Waals surface area contributed by atoms with Gasteiger partial charge in [-0.05, 0) is 48.6 Å². The van der Waals surface area contributed by atoms with Crippen molar-refractivity contribution in [1.82, 2.24) is 19.9 Å². The second-order valence-electron chi connectivity index (χ2n) is 17.1. The molecule has 7 aromatic rings. The van der Waals surface area contributed by atoms with Gasteiger partial charge in [-0.2, -0.15) is 0 Å². The van der Waals surface area contributed by atoms with Crippen molar-refractivity contribution >= 4 is 58.1 Å². The fraction of sp³-hybridized carbons (Fsp3) is 0.120. The first-order valence-electron chi connectivity index (χ1n) is 21.9. The number of nitrogens with zero attached hydrogens (tertiary/aromatic N) is 2. The predicted octanol–water partition coefficient (Wildman–Crippen LogP) is 11.9. The van der Waals surface area contributed by atoms with E-state index in [-0.39, 0.29) is 11.8 Å². The molecule has 0 aliphatic carbocycles. The molecular weight excluding hydrogens is 1130 g/mol. The maximum atomic E-state index is 16.8. The summed E-state index contributed by atoms with van der Waals surface area (Å²) in [6.07, 6.45) is -7.86. The third-order valence-corrected chi connectivity index (χ3v) is 13.8. The van der Waals surface area contributed by atoms with Crippen molar-refractivity contribution < 1.29 is 109 Å². The van der Waals surface area contributed by atoms with E-state index < -0.39 is 241 Å². The molecule has 3 aliphatic rings. The van der Waals surface area contributed by atoms with Gasteiger partial charge in [0.15, 0.2) is 99.4 Å². The molecule has 1 fully saturated rings. The van der Waals surface area contributed by atoms with Crippen molar-refractivity contribution in [2.24, 2.45) is 0 Å². The van der Waals surface area contributed by atoms with Crippen LogP contribution >= 0.6 is 11.8 Å². The molecule has 6 heterocycles. The second-order valence-corrected chi connectivity index (χ2v) is 18.2. The van der Waals surface area contributed by atoms with Gasteiger partial charge in [0.2, 0.25) is 17.5 Å². The summed E-state index contributed by atoms with van der Waals surface area (Å²) in [6, 6.07) is 2.53. The molecule has 410 valence electrons. The molecule has 3 aliphatic heterocycles. The van der Waals surface area contributed by atoms with E-state index >= 15 is 70.2 Å². The van der Waals surface area contributed by atoms with E-state index in [1.54, 1.807) is 0 Å².